The molecule has 0 atom stereocenters. The minimum absolute atomic E-state index is 0.286. The molecule has 0 spiro atoms. The number of nitrogens with one attached hydrogen (secondary N) is 2. The molecule has 0 aliphatic heterocycles. The number of benzene rings is 4. The van der Waals surface area contributed by atoms with Crippen LogP contribution in [0.1, 0.15) is 0 Å². The molecule has 0 aliphatic rings. The van der Waals surface area contributed by atoms with Gasteiger partial charge in [-0.25, -0.2) is 27.5 Å². The van der Waals surface area contributed by atoms with Crippen LogP contribution in [0, 0.1) is 23.3 Å². The van der Waals surface area contributed by atoms with Gasteiger partial charge in [0, 0.05) is 11.4 Å². The average Bonchev–Trinajstić information content (AvgIpc) is 2.85. The van der Waals surface area contributed by atoms with Gasteiger partial charge in [0.05, 0.1) is 24.1 Å². The number of hydrogen-bond acceptors (Lipinski definition) is 2. The molecule has 0 aromatic heterocycles. The maximum absolute atomic E-state index is 12.6. The van der Waals surface area contributed by atoms with E-state index in [1.807, 2.05) is 0 Å². The summed E-state index contributed by atoms with van der Waals surface area (Å²) in [7, 11) is 0. The Labute approximate surface area is 194 Å². The van der Waals surface area contributed by atoms with E-state index in [9.17, 15) is 17.6 Å². The van der Waals surface area contributed by atoms with Gasteiger partial charge in [0.1, 0.15) is 23.3 Å². The maximum Gasteiger partial charge on any atom is 0.123 e. The summed E-state index contributed by atoms with van der Waals surface area (Å²) in [6.07, 6.45) is 2.95. The van der Waals surface area contributed by atoms with E-state index < -0.39 is 0 Å². The van der Waals surface area contributed by atoms with Crippen LogP contribution >= 0.6 is 0 Å². The van der Waals surface area contributed by atoms with Crippen LogP contribution in [0.5, 0.6) is 0 Å². The number of hydrogen-bond donors (Lipinski definition) is 2. The molecule has 8 heteroatoms. The minimum Gasteiger partial charge on any atom is -0.346 e. The van der Waals surface area contributed by atoms with Gasteiger partial charge in [0.25, 0.3) is 0 Å². The largest absolute Gasteiger partial charge is 0.346 e. The molecule has 0 radical (unpaired) electrons. The van der Waals surface area contributed by atoms with Crippen molar-refractivity contribution in [3.8, 4) is 0 Å². The topological polar surface area (TPSA) is 48.8 Å². The summed E-state index contributed by atoms with van der Waals surface area (Å²) in [6, 6.07) is 23.5. The van der Waals surface area contributed by atoms with E-state index in [2.05, 4.69) is 20.6 Å². The molecule has 0 bridgehead atoms. The third kappa shape index (κ3) is 8.58. The standard InChI is InChI=1S/2C13H10F2N2/c2*14-10-1-5-12(6-2-10)16-9-17-13-7-3-11(15)4-8-13/h2*1-9H,(H,16,17). The van der Waals surface area contributed by atoms with Crippen molar-refractivity contribution >= 4 is 35.4 Å². The zero-order valence-electron chi connectivity index (χ0n) is 17.8. The Hall–Kier alpha value is -4.46. The van der Waals surface area contributed by atoms with Gasteiger partial charge in [-0.05, 0) is 97.1 Å². The van der Waals surface area contributed by atoms with Crippen LogP contribution in [0.3, 0.4) is 0 Å². The third-order valence-electron chi connectivity index (χ3n) is 4.23. The van der Waals surface area contributed by atoms with Crippen LogP contribution in [-0.4, -0.2) is 12.7 Å². The highest BCUT2D eigenvalue weighted by Crippen LogP contribution is 2.13. The second kappa shape index (κ2) is 12.5. The highest BCUT2D eigenvalue weighted by Gasteiger charge is 1.93. The van der Waals surface area contributed by atoms with E-state index in [1.54, 1.807) is 48.5 Å². The molecule has 34 heavy (non-hydrogen) atoms. The first-order valence-electron chi connectivity index (χ1n) is 10.1. The molecule has 4 rings (SSSR count). The second-order valence-electron chi connectivity index (χ2n) is 6.77. The molecule has 0 unspecified atom stereocenters. The predicted molar refractivity (Wildman–Crippen MR) is 129 cm³/mol. The fraction of sp³-hybridized carbons (Fsp3) is 0. The van der Waals surface area contributed by atoms with Crippen molar-refractivity contribution in [3.63, 3.8) is 0 Å². The monoisotopic (exact) mass is 464 g/mol. The van der Waals surface area contributed by atoms with Crippen LogP contribution in [0.4, 0.5) is 40.3 Å². The van der Waals surface area contributed by atoms with Crippen LogP contribution in [0.2, 0.25) is 0 Å². The van der Waals surface area contributed by atoms with Gasteiger partial charge in [0.2, 0.25) is 0 Å². The SMILES string of the molecule is Fc1ccc(N=CNc2ccc(F)cc2)cc1.Fc1ccc(N=CNc2ccc(F)cc2)cc1. The molecule has 0 saturated heterocycles. The van der Waals surface area contributed by atoms with Gasteiger partial charge in [-0.1, -0.05) is 0 Å². The Morgan fingerprint density at radius 1 is 0.412 bits per heavy atom. The Kier molecular flexibility index (Phi) is 8.92. The fourth-order valence-electron chi connectivity index (χ4n) is 2.51. The molecule has 0 aliphatic carbocycles. The fourth-order valence-corrected chi connectivity index (χ4v) is 2.51. The summed E-state index contributed by atoms with van der Waals surface area (Å²) in [5.74, 6) is -1.16. The van der Waals surface area contributed by atoms with E-state index in [4.69, 9.17) is 0 Å². The van der Waals surface area contributed by atoms with Gasteiger partial charge >= 0.3 is 0 Å². The Morgan fingerprint density at radius 2 is 0.676 bits per heavy atom. The van der Waals surface area contributed by atoms with Crippen molar-refractivity contribution in [3.05, 3.63) is 120 Å². The molecule has 0 heterocycles. The maximum atomic E-state index is 12.6. The zero-order valence-corrected chi connectivity index (χ0v) is 17.8. The van der Waals surface area contributed by atoms with E-state index in [-0.39, 0.29) is 23.3 Å². The summed E-state index contributed by atoms with van der Waals surface area (Å²) < 4.78 is 50.4. The van der Waals surface area contributed by atoms with E-state index in [0.717, 1.165) is 11.4 Å². The first kappa shape index (κ1) is 24.2. The summed E-state index contributed by atoms with van der Waals surface area (Å²) in [6.45, 7) is 0. The molecule has 0 amide bonds. The molecule has 2 N–H and O–H groups in total. The van der Waals surface area contributed by atoms with Gasteiger partial charge in [-0.2, -0.15) is 0 Å². The van der Waals surface area contributed by atoms with Crippen LogP contribution in [0.15, 0.2) is 107 Å². The van der Waals surface area contributed by atoms with E-state index >= 15 is 0 Å². The van der Waals surface area contributed by atoms with Crippen molar-refractivity contribution < 1.29 is 17.6 Å². The zero-order chi connectivity index (χ0) is 24.2. The quantitative estimate of drug-likeness (QED) is 0.177. The summed E-state index contributed by atoms with van der Waals surface area (Å²) >= 11 is 0. The smallest absolute Gasteiger partial charge is 0.123 e. The van der Waals surface area contributed by atoms with E-state index in [1.165, 1.54) is 61.2 Å². The Morgan fingerprint density at radius 3 is 0.971 bits per heavy atom. The summed E-state index contributed by atoms with van der Waals surface area (Å²) in [5.41, 5.74) is 2.75. The lowest BCUT2D eigenvalue weighted by atomic mass is 10.3. The third-order valence-corrected chi connectivity index (χ3v) is 4.23. The average molecular weight is 464 g/mol. The van der Waals surface area contributed by atoms with Crippen LogP contribution in [0.25, 0.3) is 0 Å². The van der Waals surface area contributed by atoms with Gasteiger partial charge in [-0.15, -0.1) is 0 Å². The number of aliphatic imine (C=N–C) groups is 2. The first-order valence-corrected chi connectivity index (χ1v) is 10.1. The molecule has 4 nitrogen and oxygen atoms in total. The molecule has 0 saturated carbocycles. The van der Waals surface area contributed by atoms with Crippen LogP contribution < -0.4 is 10.6 Å². The van der Waals surface area contributed by atoms with Gasteiger partial charge in [-0.3, -0.25) is 0 Å². The molecular weight excluding hydrogens is 444 g/mol. The number of anilines is 2. The second-order valence-corrected chi connectivity index (χ2v) is 6.77. The van der Waals surface area contributed by atoms with Crippen molar-refractivity contribution in [2.45, 2.75) is 0 Å². The molecular formula is C26H20F4N4. The van der Waals surface area contributed by atoms with Crippen LogP contribution in [-0.2, 0) is 0 Å². The number of halogens is 4. The molecule has 0 fully saturated rings. The van der Waals surface area contributed by atoms with Crippen molar-refractivity contribution in [2.75, 3.05) is 10.6 Å². The van der Waals surface area contributed by atoms with Gasteiger partial charge in [0.15, 0.2) is 0 Å². The lowest BCUT2D eigenvalue weighted by molar-refractivity contribution is 0.627. The highest BCUT2D eigenvalue weighted by molar-refractivity contribution is 5.78. The summed E-state index contributed by atoms with van der Waals surface area (Å²) in [5, 5.41) is 5.77. The highest BCUT2D eigenvalue weighted by atomic mass is 19.1. The predicted octanol–water partition coefficient (Wildman–Crippen LogP) is 7.47. The minimum atomic E-state index is -0.296. The lowest BCUT2D eigenvalue weighted by Gasteiger charge is -1.99. The van der Waals surface area contributed by atoms with Crippen molar-refractivity contribution in [2.24, 2.45) is 9.98 Å². The summed E-state index contributed by atoms with van der Waals surface area (Å²) in [4.78, 5) is 8.14. The molecule has 4 aromatic carbocycles. The van der Waals surface area contributed by atoms with Crippen molar-refractivity contribution in [1.29, 1.82) is 0 Å². The number of nitrogens with zero attached hydrogens (tertiary/aromatic N) is 2. The molecule has 172 valence electrons. The Bertz CT molecular complexity index is 1110. The Balaban J connectivity index is 0.000000191. The lowest BCUT2D eigenvalue weighted by Crippen LogP contribution is -1.93. The first-order chi connectivity index (χ1) is 16.5. The molecule has 4 aromatic rings. The van der Waals surface area contributed by atoms with E-state index in [0.29, 0.717) is 11.4 Å². The van der Waals surface area contributed by atoms with Gasteiger partial charge < -0.3 is 10.6 Å². The normalized spacial score (nSPS) is 10.7. The van der Waals surface area contributed by atoms with Crippen molar-refractivity contribution in [1.82, 2.24) is 0 Å². The number of rotatable bonds is 6.